The largest absolute Gasteiger partial charge is 0.497 e. The van der Waals surface area contributed by atoms with Gasteiger partial charge in [0, 0.05) is 22.2 Å². The molecule has 1 unspecified atom stereocenters. The van der Waals surface area contributed by atoms with Crippen LogP contribution in [-0.4, -0.2) is 14.2 Å². The van der Waals surface area contributed by atoms with Gasteiger partial charge in [-0.25, -0.2) is 8.78 Å². The highest BCUT2D eigenvalue weighted by Gasteiger charge is 2.22. The van der Waals surface area contributed by atoms with Crippen molar-refractivity contribution in [2.24, 2.45) is 0 Å². The summed E-state index contributed by atoms with van der Waals surface area (Å²) in [7, 11) is 3.00. The average Bonchev–Trinajstić information content (AvgIpc) is 2.45. The molecule has 0 saturated carbocycles. The van der Waals surface area contributed by atoms with E-state index < -0.39 is 17.7 Å². The van der Waals surface area contributed by atoms with Crippen LogP contribution in [0.25, 0.3) is 0 Å². The van der Waals surface area contributed by atoms with Crippen molar-refractivity contribution in [2.45, 2.75) is 6.04 Å². The molecule has 0 aliphatic rings. The van der Waals surface area contributed by atoms with Crippen molar-refractivity contribution in [3.63, 3.8) is 0 Å². The van der Waals surface area contributed by atoms with Gasteiger partial charge >= 0.3 is 0 Å². The first-order valence-electron chi connectivity index (χ1n) is 6.13. The van der Waals surface area contributed by atoms with E-state index in [0.717, 1.165) is 12.1 Å². The quantitative estimate of drug-likeness (QED) is 0.835. The number of methoxy groups -OCH3 is 1. The van der Waals surface area contributed by atoms with Gasteiger partial charge in [0.25, 0.3) is 0 Å². The highest BCUT2D eigenvalue weighted by atomic mass is 79.9. The summed E-state index contributed by atoms with van der Waals surface area (Å²) in [4.78, 5) is 0. The molecule has 6 heteroatoms. The predicted octanol–water partition coefficient (Wildman–Crippen LogP) is 4.70. The van der Waals surface area contributed by atoms with Crippen molar-refractivity contribution < 1.29 is 13.5 Å². The highest BCUT2D eigenvalue weighted by molar-refractivity contribution is 9.10. The molecule has 2 rings (SSSR count). The number of nitrogens with one attached hydrogen (secondary N) is 1. The summed E-state index contributed by atoms with van der Waals surface area (Å²) in [5, 5.41) is 3.45. The van der Waals surface area contributed by atoms with Crippen LogP contribution < -0.4 is 10.1 Å². The molecule has 0 aliphatic heterocycles. The van der Waals surface area contributed by atoms with E-state index in [2.05, 4.69) is 21.2 Å². The Hall–Kier alpha value is -1.17. The third-order valence-corrected chi connectivity index (χ3v) is 4.36. The zero-order valence-electron chi connectivity index (χ0n) is 11.4. The molecule has 0 amide bonds. The number of ether oxygens (including phenoxy) is 1. The smallest absolute Gasteiger partial charge is 0.134 e. The highest BCUT2D eigenvalue weighted by Crippen LogP contribution is 2.32. The van der Waals surface area contributed by atoms with E-state index in [1.54, 1.807) is 25.2 Å². The molecule has 0 radical (unpaired) electrons. The van der Waals surface area contributed by atoms with Crippen LogP contribution in [0.3, 0.4) is 0 Å². The molecule has 112 valence electrons. The van der Waals surface area contributed by atoms with E-state index in [0.29, 0.717) is 15.1 Å². The zero-order chi connectivity index (χ0) is 15.6. The van der Waals surface area contributed by atoms with Crippen molar-refractivity contribution in [3.05, 3.63) is 62.6 Å². The number of benzene rings is 2. The molecule has 0 heterocycles. The van der Waals surface area contributed by atoms with Gasteiger partial charge in [-0.05, 0) is 40.7 Å². The van der Waals surface area contributed by atoms with Crippen molar-refractivity contribution in [2.75, 3.05) is 14.2 Å². The van der Waals surface area contributed by atoms with Crippen molar-refractivity contribution in [1.29, 1.82) is 0 Å². The van der Waals surface area contributed by atoms with E-state index >= 15 is 0 Å². The lowest BCUT2D eigenvalue weighted by atomic mass is 9.97. The Balaban J connectivity index is 2.53. The van der Waals surface area contributed by atoms with Crippen molar-refractivity contribution in [1.82, 2.24) is 5.32 Å². The first kappa shape index (κ1) is 16.2. The van der Waals surface area contributed by atoms with Gasteiger partial charge in [0.15, 0.2) is 0 Å². The molecule has 1 N–H and O–H groups in total. The van der Waals surface area contributed by atoms with E-state index in [4.69, 9.17) is 16.3 Å². The summed E-state index contributed by atoms with van der Waals surface area (Å²) >= 11 is 9.25. The molecule has 2 nitrogen and oxygen atoms in total. The Kier molecular flexibility index (Phi) is 5.19. The fourth-order valence-corrected chi connectivity index (χ4v) is 2.64. The fraction of sp³-hybridized carbons (Fsp3) is 0.200. The van der Waals surface area contributed by atoms with Gasteiger partial charge in [0.1, 0.15) is 17.4 Å². The van der Waals surface area contributed by atoms with Crippen molar-refractivity contribution >= 4 is 27.5 Å². The summed E-state index contributed by atoms with van der Waals surface area (Å²) in [5.41, 5.74) is 0.629. The maximum absolute atomic E-state index is 14.2. The molecule has 0 aliphatic carbocycles. The first-order chi connectivity index (χ1) is 9.97. The second kappa shape index (κ2) is 6.73. The van der Waals surface area contributed by atoms with Gasteiger partial charge in [0.05, 0.1) is 18.2 Å². The summed E-state index contributed by atoms with van der Waals surface area (Å²) in [6, 6.07) is 6.81. The molecule has 2 aromatic carbocycles. The van der Waals surface area contributed by atoms with Gasteiger partial charge in [-0.1, -0.05) is 17.7 Å². The normalized spacial score (nSPS) is 12.3. The van der Waals surface area contributed by atoms with Crippen LogP contribution in [0.5, 0.6) is 5.75 Å². The molecule has 0 aromatic heterocycles. The Morgan fingerprint density at radius 3 is 2.29 bits per heavy atom. The van der Waals surface area contributed by atoms with Crippen LogP contribution in [0.4, 0.5) is 8.78 Å². The third kappa shape index (κ3) is 3.36. The van der Waals surface area contributed by atoms with Crippen LogP contribution in [0.1, 0.15) is 17.2 Å². The SMILES string of the molecule is CNC(c1ccc(Cl)c(Br)c1)c1c(F)cc(OC)cc1F. The van der Waals surface area contributed by atoms with Crippen molar-refractivity contribution in [3.8, 4) is 5.75 Å². The number of hydrogen-bond acceptors (Lipinski definition) is 2. The molecule has 0 spiro atoms. The van der Waals surface area contributed by atoms with E-state index in [-0.39, 0.29) is 11.3 Å². The predicted molar refractivity (Wildman–Crippen MR) is 83.0 cm³/mol. The molecule has 1 atom stereocenters. The number of hydrogen-bond donors (Lipinski definition) is 1. The van der Waals surface area contributed by atoms with Gasteiger partial charge in [-0.3, -0.25) is 0 Å². The minimum atomic E-state index is -0.669. The minimum Gasteiger partial charge on any atom is -0.497 e. The van der Waals surface area contributed by atoms with Crippen LogP contribution in [-0.2, 0) is 0 Å². The summed E-state index contributed by atoms with van der Waals surface area (Å²) in [5.74, 6) is -1.20. The monoisotopic (exact) mass is 375 g/mol. The Bertz CT molecular complexity index is 643. The van der Waals surface area contributed by atoms with Gasteiger partial charge in [-0.15, -0.1) is 0 Å². The maximum Gasteiger partial charge on any atom is 0.134 e. The number of halogens is 4. The van der Waals surface area contributed by atoms with E-state index in [1.807, 2.05) is 0 Å². The molecular formula is C15H13BrClF2NO. The Morgan fingerprint density at radius 2 is 1.81 bits per heavy atom. The summed E-state index contributed by atoms with van der Waals surface area (Å²) < 4.78 is 33.9. The lowest BCUT2D eigenvalue weighted by Crippen LogP contribution is -2.20. The molecule has 0 fully saturated rings. The Morgan fingerprint density at radius 1 is 1.19 bits per heavy atom. The standard InChI is InChI=1S/C15H13BrClF2NO/c1-20-15(8-3-4-11(17)10(16)5-8)14-12(18)6-9(21-2)7-13(14)19/h3-7,15,20H,1-2H3. The van der Waals surface area contributed by atoms with Gasteiger partial charge in [-0.2, -0.15) is 0 Å². The maximum atomic E-state index is 14.2. The van der Waals surface area contributed by atoms with Gasteiger partial charge < -0.3 is 10.1 Å². The van der Waals surface area contributed by atoms with Crippen LogP contribution in [0.2, 0.25) is 5.02 Å². The molecule has 0 saturated heterocycles. The van der Waals surface area contributed by atoms with Crippen LogP contribution in [0.15, 0.2) is 34.8 Å². The lowest BCUT2D eigenvalue weighted by molar-refractivity contribution is 0.403. The topological polar surface area (TPSA) is 21.3 Å². The van der Waals surface area contributed by atoms with E-state index in [1.165, 1.54) is 7.11 Å². The second-order valence-corrected chi connectivity index (χ2v) is 5.66. The fourth-order valence-electron chi connectivity index (χ4n) is 2.12. The zero-order valence-corrected chi connectivity index (χ0v) is 13.7. The second-order valence-electron chi connectivity index (χ2n) is 4.40. The summed E-state index contributed by atoms with van der Waals surface area (Å²) in [6.45, 7) is 0. The molecule has 2 aromatic rings. The van der Waals surface area contributed by atoms with Crippen LogP contribution in [0, 0.1) is 11.6 Å². The van der Waals surface area contributed by atoms with Crippen LogP contribution >= 0.6 is 27.5 Å². The van der Waals surface area contributed by atoms with Gasteiger partial charge in [0.2, 0.25) is 0 Å². The lowest BCUT2D eigenvalue weighted by Gasteiger charge is -2.19. The average molecular weight is 377 g/mol. The Labute approximate surface area is 135 Å². The van der Waals surface area contributed by atoms with E-state index in [9.17, 15) is 8.78 Å². The third-order valence-electron chi connectivity index (χ3n) is 3.14. The number of rotatable bonds is 4. The molecule has 0 bridgehead atoms. The molecule has 21 heavy (non-hydrogen) atoms. The molecular weight excluding hydrogens is 364 g/mol. The summed E-state index contributed by atoms with van der Waals surface area (Å²) in [6.07, 6.45) is 0. The minimum absolute atomic E-state index is 0.0625. The first-order valence-corrected chi connectivity index (χ1v) is 7.30.